The largest absolute Gasteiger partial charge is 0.481 e. The lowest BCUT2D eigenvalue weighted by molar-refractivity contribution is -0.146. The third-order valence-electron chi connectivity index (χ3n) is 2.68. The minimum Gasteiger partial charge on any atom is -0.481 e. The van der Waals surface area contributed by atoms with Crippen molar-refractivity contribution in [2.45, 2.75) is 13.8 Å². The molecule has 0 atom stereocenters. The first kappa shape index (κ1) is 16.5. The second kappa shape index (κ2) is 6.77. The van der Waals surface area contributed by atoms with Crippen molar-refractivity contribution in [3.05, 3.63) is 39.9 Å². The zero-order chi connectivity index (χ0) is 15.3. The first-order valence-corrected chi connectivity index (χ1v) is 6.63. The highest BCUT2D eigenvalue weighted by molar-refractivity contribution is 6.37. The summed E-state index contributed by atoms with van der Waals surface area (Å²) in [5, 5.41) is 12.3. The number of amides is 1. The van der Waals surface area contributed by atoms with Gasteiger partial charge in [-0.15, -0.1) is 0 Å². The summed E-state index contributed by atoms with van der Waals surface area (Å²) >= 11 is 11.9. The van der Waals surface area contributed by atoms with E-state index in [-0.39, 0.29) is 6.54 Å². The standard InChI is InChI=1S/C14H15Cl2NO3/c1-14(2,13(19)20)8-17-12(18)7-6-9-10(15)4-3-5-11(9)16/h3-7H,8H2,1-2H3,(H,17,18)(H,19,20)/b7-6+. The molecule has 1 aromatic rings. The molecule has 0 aromatic heterocycles. The van der Waals surface area contributed by atoms with Crippen LogP contribution in [0.1, 0.15) is 19.4 Å². The molecule has 6 heteroatoms. The Morgan fingerprint density at radius 3 is 2.35 bits per heavy atom. The van der Waals surface area contributed by atoms with E-state index in [1.807, 2.05) is 0 Å². The Hall–Kier alpha value is -1.52. The lowest BCUT2D eigenvalue weighted by Gasteiger charge is -2.18. The number of aliphatic carboxylic acids is 1. The quantitative estimate of drug-likeness (QED) is 0.820. The maximum absolute atomic E-state index is 11.6. The van der Waals surface area contributed by atoms with Gasteiger partial charge in [-0.25, -0.2) is 0 Å². The fourth-order valence-electron chi connectivity index (χ4n) is 1.27. The van der Waals surface area contributed by atoms with Crippen LogP contribution in [-0.4, -0.2) is 23.5 Å². The summed E-state index contributed by atoms with van der Waals surface area (Å²) in [5.74, 6) is -1.38. The van der Waals surface area contributed by atoms with Crippen LogP contribution in [0.15, 0.2) is 24.3 Å². The average molecular weight is 316 g/mol. The number of carboxylic acid groups (broad SMARTS) is 1. The summed E-state index contributed by atoms with van der Waals surface area (Å²) in [7, 11) is 0. The molecule has 2 N–H and O–H groups in total. The van der Waals surface area contributed by atoms with E-state index in [2.05, 4.69) is 5.32 Å². The minimum absolute atomic E-state index is 0.0295. The van der Waals surface area contributed by atoms with E-state index in [1.54, 1.807) is 18.2 Å². The molecule has 0 spiro atoms. The van der Waals surface area contributed by atoms with Gasteiger partial charge in [-0.1, -0.05) is 29.3 Å². The Morgan fingerprint density at radius 1 is 1.30 bits per heavy atom. The number of rotatable bonds is 5. The monoisotopic (exact) mass is 315 g/mol. The second-order valence-electron chi connectivity index (χ2n) is 4.88. The van der Waals surface area contributed by atoms with Gasteiger partial charge in [0, 0.05) is 28.2 Å². The molecule has 0 radical (unpaired) electrons. The topological polar surface area (TPSA) is 66.4 Å². The molecule has 1 rings (SSSR count). The Kier molecular flexibility index (Phi) is 5.60. The number of hydrogen-bond donors (Lipinski definition) is 2. The van der Waals surface area contributed by atoms with Crippen LogP contribution in [0.3, 0.4) is 0 Å². The average Bonchev–Trinajstić information content (AvgIpc) is 2.35. The molecule has 0 heterocycles. The molecule has 1 amide bonds. The Labute approximate surface area is 127 Å². The first-order valence-electron chi connectivity index (χ1n) is 5.87. The maximum atomic E-state index is 11.6. The predicted octanol–water partition coefficient (Wildman–Crippen LogP) is 3.23. The molecule has 0 bridgehead atoms. The molecule has 0 aliphatic rings. The summed E-state index contributed by atoms with van der Waals surface area (Å²) in [6.45, 7) is 3.09. The molecule has 0 saturated carbocycles. The summed E-state index contributed by atoms with van der Waals surface area (Å²) < 4.78 is 0. The third kappa shape index (κ3) is 4.54. The van der Waals surface area contributed by atoms with Crippen molar-refractivity contribution in [2.75, 3.05) is 6.54 Å². The van der Waals surface area contributed by atoms with E-state index >= 15 is 0 Å². The lowest BCUT2D eigenvalue weighted by Crippen LogP contribution is -2.38. The van der Waals surface area contributed by atoms with E-state index in [0.29, 0.717) is 15.6 Å². The van der Waals surface area contributed by atoms with Gasteiger partial charge in [0.2, 0.25) is 5.91 Å². The molecule has 0 unspecified atom stereocenters. The zero-order valence-corrected chi connectivity index (χ0v) is 12.6. The van der Waals surface area contributed by atoms with Crippen LogP contribution in [0, 0.1) is 5.41 Å². The van der Waals surface area contributed by atoms with Crippen molar-refractivity contribution in [1.29, 1.82) is 0 Å². The molecular weight excluding hydrogens is 301 g/mol. The van der Waals surface area contributed by atoms with Crippen molar-refractivity contribution in [3.8, 4) is 0 Å². The number of nitrogens with one attached hydrogen (secondary N) is 1. The molecule has 0 aliphatic carbocycles. The number of carboxylic acids is 1. The number of halogens is 2. The van der Waals surface area contributed by atoms with Crippen molar-refractivity contribution < 1.29 is 14.7 Å². The highest BCUT2D eigenvalue weighted by atomic mass is 35.5. The molecule has 20 heavy (non-hydrogen) atoms. The predicted molar refractivity (Wildman–Crippen MR) is 79.9 cm³/mol. The van der Waals surface area contributed by atoms with E-state index in [0.717, 1.165) is 0 Å². The number of carbonyl (C=O) groups excluding carboxylic acids is 1. The van der Waals surface area contributed by atoms with Gasteiger partial charge in [-0.3, -0.25) is 9.59 Å². The van der Waals surface area contributed by atoms with Gasteiger partial charge < -0.3 is 10.4 Å². The van der Waals surface area contributed by atoms with Gasteiger partial charge in [-0.2, -0.15) is 0 Å². The SMILES string of the molecule is CC(C)(CNC(=O)/C=C/c1c(Cl)cccc1Cl)C(=O)O. The van der Waals surface area contributed by atoms with Gasteiger partial charge >= 0.3 is 5.97 Å². The first-order chi connectivity index (χ1) is 9.24. The molecule has 0 aliphatic heterocycles. The van der Waals surface area contributed by atoms with Crippen molar-refractivity contribution >= 4 is 41.2 Å². The molecule has 1 aromatic carbocycles. The third-order valence-corrected chi connectivity index (χ3v) is 3.34. The van der Waals surface area contributed by atoms with Gasteiger partial charge in [0.15, 0.2) is 0 Å². The van der Waals surface area contributed by atoms with Crippen LogP contribution in [-0.2, 0) is 9.59 Å². The molecule has 108 valence electrons. The van der Waals surface area contributed by atoms with Crippen LogP contribution in [0.25, 0.3) is 6.08 Å². The summed E-state index contributed by atoms with van der Waals surface area (Å²) in [6.07, 6.45) is 2.76. The number of hydrogen-bond acceptors (Lipinski definition) is 2. The van der Waals surface area contributed by atoms with Crippen LogP contribution in [0.2, 0.25) is 10.0 Å². The smallest absolute Gasteiger partial charge is 0.310 e. The highest BCUT2D eigenvalue weighted by Crippen LogP contribution is 2.25. The number of benzene rings is 1. The molecule has 0 fully saturated rings. The van der Waals surface area contributed by atoms with Gasteiger partial charge in [-0.05, 0) is 32.1 Å². The molecule has 4 nitrogen and oxygen atoms in total. The van der Waals surface area contributed by atoms with E-state index in [9.17, 15) is 9.59 Å². The highest BCUT2D eigenvalue weighted by Gasteiger charge is 2.27. The summed E-state index contributed by atoms with van der Waals surface area (Å²) in [4.78, 5) is 22.5. The fraction of sp³-hybridized carbons (Fsp3) is 0.286. The Morgan fingerprint density at radius 2 is 1.85 bits per heavy atom. The van der Waals surface area contributed by atoms with Crippen LogP contribution >= 0.6 is 23.2 Å². The van der Waals surface area contributed by atoms with E-state index in [1.165, 1.54) is 26.0 Å². The van der Waals surface area contributed by atoms with Crippen LogP contribution < -0.4 is 5.32 Å². The zero-order valence-electron chi connectivity index (χ0n) is 11.1. The fourth-order valence-corrected chi connectivity index (χ4v) is 1.80. The molecule has 0 saturated heterocycles. The van der Waals surface area contributed by atoms with Gasteiger partial charge in [0.1, 0.15) is 0 Å². The normalized spacial score (nSPS) is 11.6. The van der Waals surface area contributed by atoms with E-state index in [4.69, 9.17) is 28.3 Å². The Balaban J connectivity index is 2.68. The van der Waals surface area contributed by atoms with E-state index < -0.39 is 17.3 Å². The van der Waals surface area contributed by atoms with Gasteiger partial charge in [0.05, 0.1) is 5.41 Å². The van der Waals surface area contributed by atoms with Gasteiger partial charge in [0.25, 0.3) is 0 Å². The number of carbonyl (C=O) groups is 2. The summed E-state index contributed by atoms with van der Waals surface area (Å²) in [5.41, 5.74) is -0.477. The van der Waals surface area contributed by atoms with Crippen LogP contribution in [0.5, 0.6) is 0 Å². The van der Waals surface area contributed by atoms with Crippen molar-refractivity contribution in [1.82, 2.24) is 5.32 Å². The Bertz CT molecular complexity index is 533. The molecular formula is C14H15Cl2NO3. The minimum atomic E-state index is -1.02. The second-order valence-corrected chi connectivity index (χ2v) is 5.69. The van der Waals surface area contributed by atoms with Crippen molar-refractivity contribution in [3.63, 3.8) is 0 Å². The lowest BCUT2D eigenvalue weighted by atomic mass is 9.94. The van der Waals surface area contributed by atoms with Crippen molar-refractivity contribution in [2.24, 2.45) is 5.41 Å². The maximum Gasteiger partial charge on any atom is 0.310 e. The summed E-state index contributed by atoms with van der Waals surface area (Å²) in [6, 6.07) is 5.04. The van der Waals surface area contributed by atoms with Crippen LogP contribution in [0.4, 0.5) is 0 Å².